The van der Waals surface area contributed by atoms with E-state index in [1.54, 1.807) is 12.5 Å². The first-order chi connectivity index (χ1) is 2.50. The Kier molecular flexibility index (Phi) is 3.53. The second kappa shape index (κ2) is 3.41. The second-order valence-corrected chi connectivity index (χ2v) is 0.793. The van der Waals surface area contributed by atoms with Crippen LogP contribution in [-0.4, -0.2) is 0 Å². The smallest absolute Gasteiger partial charge is 0.0902 e. The van der Waals surface area contributed by atoms with E-state index in [0.717, 1.165) is 0 Å². The van der Waals surface area contributed by atoms with Crippen LogP contribution in [0.15, 0.2) is 29.1 Å². The molecule has 6 heavy (non-hydrogen) atoms. The van der Waals surface area contributed by atoms with Gasteiger partial charge in [0.15, 0.2) is 0 Å². The number of furan rings is 1. The first-order valence-corrected chi connectivity index (χ1v) is 1.47. The van der Waals surface area contributed by atoms with Crippen molar-refractivity contribution in [3.05, 3.63) is 24.7 Å². The fourth-order valence-corrected chi connectivity index (χ4v) is 0.227. The van der Waals surface area contributed by atoms with Crippen molar-refractivity contribution < 1.29 is 32.1 Å². The average Bonchev–Trinajstić information content (AvgIpc) is 1.76. The van der Waals surface area contributed by atoms with Gasteiger partial charge in [0.1, 0.15) is 0 Å². The Balaban J connectivity index is 0.000000250. The maximum atomic E-state index is 4.58. The molecule has 0 unspecified atom stereocenters. The van der Waals surface area contributed by atoms with Gasteiger partial charge in [0.2, 0.25) is 0 Å². The van der Waals surface area contributed by atoms with E-state index < -0.39 is 0 Å². The van der Waals surface area contributed by atoms with Gasteiger partial charge in [-0.2, -0.15) is 0 Å². The number of rotatable bonds is 0. The Hall–Kier alpha value is 0.215. The fraction of sp³-hybridized carbons (Fsp3) is 0. The van der Waals surface area contributed by atoms with Crippen LogP contribution in [0.2, 0.25) is 0 Å². The van der Waals surface area contributed by atoms with E-state index in [4.69, 9.17) is 0 Å². The first-order valence-electron chi connectivity index (χ1n) is 1.47. The zero-order valence-corrected chi connectivity index (χ0v) is 8.92. The predicted octanol–water partition coefficient (Wildman–Crippen LogP) is 1.28. The van der Waals surface area contributed by atoms with Gasteiger partial charge in [0, 0.05) is 27.7 Å². The van der Waals surface area contributed by atoms with Gasteiger partial charge < -0.3 is 4.42 Å². The van der Waals surface area contributed by atoms with E-state index in [9.17, 15) is 0 Å². The van der Waals surface area contributed by atoms with Crippen LogP contribution >= 0.6 is 0 Å². The van der Waals surface area contributed by atoms with Crippen LogP contribution in [0.1, 0.15) is 0 Å². The molecule has 28 valence electrons. The van der Waals surface area contributed by atoms with E-state index in [-0.39, 0.29) is 27.7 Å². The summed E-state index contributed by atoms with van der Waals surface area (Å²) in [6.07, 6.45) is 3.25. The Morgan fingerprint density at radius 1 is 1.00 bits per heavy atom. The molecule has 1 nitrogen and oxygen atoms in total. The monoisotopic (exact) mass is 270 g/mol. The molecule has 0 saturated heterocycles. The minimum Gasteiger partial charge on any atom is -0.473 e. The number of hydrogen-bond acceptors (Lipinski definition) is 1. The summed E-state index contributed by atoms with van der Waals surface area (Å²) in [6.45, 7) is 0. The van der Waals surface area contributed by atoms with E-state index in [1.165, 1.54) is 0 Å². The molecule has 0 spiro atoms. The maximum Gasteiger partial charge on any atom is 0.0902 e. The Morgan fingerprint density at radius 3 is 1.67 bits per heavy atom. The Labute approximate surface area is 56.9 Å². The molecule has 1 rings (SSSR count). The molecule has 0 saturated carbocycles. The summed E-state index contributed by atoms with van der Waals surface area (Å²) in [5, 5.41) is 0. The van der Waals surface area contributed by atoms with Crippen molar-refractivity contribution in [3.8, 4) is 0 Å². The van der Waals surface area contributed by atoms with Gasteiger partial charge in [-0.25, -0.2) is 0 Å². The molecule has 0 aliphatic rings. The van der Waals surface area contributed by atoms with Crippen molar-refractivity contribution in [1.82, 2.24) is 0 Å². The third-order valence-corrected chi connectivity index (χ3v) is 0.425. The molecule has 1 aromatic heterocycles. The Morgan fingerprint density at radius 2 is 1.50 bits per heavy atom. The van der Waals surface area contributed by atoms with Crippen molar-refractivity contribution in [2.24, 2.45) is 0 Å². The van der Waals surface area contributed by atoms with Gasteiger partial charge in [-0.3, -0.25) is 0 Å². The molecule has 1 heterocycles. The van der Waals surface area contributed by atoms with Gasteiger partial charge in [-0.1, -0.05) is 0 Å². The average molecular weight is 269 g/mol. The van der Waals surface area contributed by atoms with Crippen LogP contribution in [0.3, 0.4) is 0 Å². The molecule has 0 N–H and O–H groups in total. The number of hydrogen-bond donors (Lipinski definition) is 0. The van der Waals surface area contributed by atoms with Crippen molar-refractivity contribution in [2.75, 3.05) is 0 Å². The minimum absolute atomic E-state index is 0. The molecule has 0 amide bonds. The summed E-state index contributed by atoms with van der Waals surface area (Å²) in [7, 11) is 0. The van der Waals surface area contributed by atoms with E-state index in [1.807, 2.05) is 12.1 Å². The second-order valence-electron chi connectivity index (χ2n) is 0.793. The van der Waals surface area contributed by atoms with Crippen molar-refractivity contribution >= 4 is 0 Å². The standard InChI is InChI=1S/C4H4O.Hg/c1-2-4-5-3-1;/h1-4H;. The predicted molar refractivity (Wildman–Crippen MR) is 18.7 cm³/mol. The van der Waals surface area contributed by atoms with Crippen LogP contribution in [-0.2, 0) is 27.7 Å². The van der Waals surface area contributed by atoms with Gasteiger partial charge in [0.25, 0.3) is 0 Å². The van der Waals surface area contributed by atoms with E-state index >= 15 is 0 Å². The quantitative estimate of drug-likeness (QED) is 0.646. The molecule has 0 aliphatic carbocycles. The molecule has 1 aromatic rings. The maximum absolute atomic E-state index is 4.58. The van der Waals surface area contributed by atoms with E-state index in [2.05, 4.69) is 4.42 Å². The SMILES string of the molecule is [Hg].c1ccoc1. The molecule has 0 fully saturated rings. The molecule has 0 atom stereocenters. The van der Waals surface area contributed by atoms with E-state index in [0.29, 0.717) is 0 Å². The van der Waals surface area contributed by atoms with Crippen LogP contribution in [0.5, 0.6) is 0 Å². The normalized spacial score (nSPS) is 6.67. The summed E-state index contributed by atoms with van der Waals surface area (Å²) in [4.78, 5) is 0. The van der Waals surface area contributed by atoms with Crippen LogP contribution in [0.25, 0.3) is 0 Å². The zero-order chi connectivity index (χ0) is 3.54. The summed E-state index contributed by atoms with van der Waals surface area (Å²) in [6, 6.07) is 3.67. The summed E-state index contributed by atoms with van der Waals surface area (Å²) >= 11 is 0. The third kappa shape index (κ3) is 1.60. The molecular formula is C4H4HgO. The molecule has 0 radical (unpaired) electrons. The van der Waals surface area contributed by atoms with Crippen LogP contribution in [0.4, 0.5) is 0 Å². The summed E-state index contributed by atoms with van der Waals surface area (Å²) in [5.74, 6) is 0. The molecular weight excluding hydrogens is 265 g/mol. The summed E-state index contributed by atoms with van der Waals surface area (Å²) < 4.78 is 4.58. The van der Waals surface area contributed by atoms with Gasteiger partial charge >= 0.3 is 0 Å². The third-order valence-electron chi connectivity index (χ3n) is 0.425. The largest absolute Gasteiger partial charge is 0.473 e. The van der Waals surface area contributed by atoms with Crippen LogP contribution in [0, 0.1) is 0 Å². The van der Waals surface area contributed by atoms with Gasteiger partial charge in [-0.15, -0.1) is 0 Å². The zero-order valence-electron chi connectivity index (χ0n) is 3.42. The first kappa shape index (κ1) is 6.22. The van der Waals surface area contributed by atoms with Crippen molar-refractivity contribution in [2.45, 2.75) is 0 Å². The van der Waals surface area contributed by atoms with Crippen molar-refractivity contribution in [3.63, 3.8) is 0 Å². The molecule has 0 aromatic carbocycles. The fourth-order valence-electron chi connectivity index (χ4n) is 0.227. The van der Waals surface area contributed by atoms with Crippen LogP contribution < -0.4 is 0 Å². The topological polar surface area (TPSA) is 13.1 Å². The van der Waals surface area contributed by atoms with Crippen molar-refractivity contribution in [1.29, 1.82) is 0 Å². The van der Waals surface area contributed by atoms with Gasteiger partial charge in [0.05, 0.1) is 12.5 Å². The summed E-state index contributed by atoms with van der Waals surface area (Å²) in [5.41, 5.74) is 0. The molecule has 0 aliphatic heterocycles. The molecule has 0 bridgehead atoms. The molecule has 2 heteroatoms. The minimum atomic E-state index is 0. The Bertz CT molecular complexity index is 64.0. The van der Waals surface area contributed by atoms with Gasteiger partial charge in [-0.05, 0) is 12.1 Å².